The van der Waals surface area contributed by atoms with Gasteiger partial charge in [-0.3, -0.25) is 4.79 Å². The Morgan fingerprint density at radius 2 is 1.70 bits per heavy atom. The Morgan fingerprint density at radius 3 is 2.26 bits per heavy atom. The van der Waals surface area contributed by atoms with Gasteiger partial charge in [0.25, 0.3) is 0 Å². The predicted molar refractivity (Wildman–Crippen MR) is 108 cm³/mol. The van der Waals surface area contributed by atoms with Gasteiger partial charge in [-0.1, -0.05) is 32.4 Å². The summed E-state index contributed by atoms with van der Waals surface area (Å²) in [7, 11) is 0.614. The van der Waals surface area contributed by atoms with E-state index in [1.54, 1.807) is 28.6 Å². The zero-order valence-corrected chi connectivity index (χ0v) is 17.8. The second-order valence-corrected chi connectivity index (χ2v) is 10.4. The monoisotopic (exact) mass is 395 g/mol. The van der Waals surface area contributed by atoms with E-state index in [1.165, 1.54) is 0 Å². The minimum atomic E-state index is -3.42. The minimum absolute atomic E-state index is 0.00839. The maximum absolute atomic E-state index is 12.7. The van der Waals surface area contributed by atoms with Gasteiger partial charge >= 0.3 is 0 Å². The maximum Gasteiger partial charge on any atom is 0.243 e. The maximum atomic E-state index is 12.7. The van der Waals surface area contributed by atoms with Crippen molar-refractivity contribution in [1.29, 1.82) is 0 Å². The zero-order chi connectivity index (χ0) is 20.1. The molecule has 2 rings (SSSR count). The molecule has 27 heavy (non-hydrogen) atoms. The Bertz CT molecular complexity index is 721. The lowest BCUT2D eigenvalue weighted by Crippen LogP contribution is -2.40. The van der Waals surface area contributed by atoms with Crippen LogP contribution in [0.1, 0.15) is 38.7 Å². The molecule has 0 bridgehead atoms. The van der Waals surface area contributed by atoms with Gasteiger partial charge in [0.1, 0.15) is 0 Å². The molecule has 1 N–H and O–H groups in total. The minimum Gasteiger partial charge on any atom is -0.355 e. The number of piperidine rings is 1. The molecule has 0 atom stereocenters. The number of rotatable bonds is 8. The highest BCUT2D eigenvalue weighted by Crippen LogP contribution is 2.21. The molecule has 0 aromatic heterocycles. The second kappa shape index (κ2) is 9.17. The van der Waals surface area contributed by atoms with E-state index in [-0.39, 0.29) is 17.7 Å². The normalized spacial score (nSPS) is 16.5. The van der Waals surface area contributed by atoms with Gasteiger partial charge in [-0.2, -0.15) is 4.31 Å². The quantitative estimate of drug-likeness (QED) is 0.732. The molecule has 1 aliphatic heterocycles. The average Bonchev–Trinajstić information content (AvgIpc) is 2.60. The standard InChI is InChI=1S/C20H33N3O3S/c1-20(2,16-22(3)4)15-21-19(24)14-17-8-10-18(11-9-17)27(25,26)23-12-6-5-7-13-23/h8-11H,5-7,12-16H2,1-4H3,(H,21,24). The molecule has 0 unspecified atom stereocenters. The van der Waals surface area contributed by atoms with Gasteiger partial charge in [0.15, 0.2) is 0 Å². The number of carbonyl (C=O) groups is 1. The first-order chi connectivity index (χ1) is 12.6. The molecule has 1 heterocycles. The van der Waals surface area contributed by atoms with Gasteiger partial charge < -0.3 is 10.2 Å². The van der Waals surface area contributed by atoms with Gasteiger partial charge in [0, 0.05) is 26.2 Å². The van der Waals surface area contributed by atoms with Gasteiger partial charge in [-0.25, -0.2) is 8.42 Å². The van der Waals surface area contributed by atoms with E-state index >= 15 is 0 Å². The van der Waals surface area contributed by atoms with Crippen molar-refractivity contribution in [2.24, 2.45) is 5.41 Å². The highest BCUT2D eigenvalue weighted by atomic mass is 32.2. The summed E-state index contributed by atoms with van der Waals surface area (Å²) in [6.45, 7) is 6.91. The SMILES string of the molecule is CN(C)CC(C)(C)CNC(=O)Cc1ccc(S(=O)(=O)N2CCCCC2)cc1. The van der Waals surface area contributed by atoms with Crippen LogP contribution in [0.15, 0.2) is 29.2 Å². The fraction of sp³-hybridized carbons (Fsp3) is 0.650. The molecule has 1 fully saturated rings. The van der Waals surface area contributed by atoms with Crippen LogP contribution in [0, 0.1) is 5.41 Å². The Morgan fingerprint density at radius 1 is 1.11 bits per heavy atom. The highest BCUT2D eigenvalue weighted by Gasteiger charge is 2.25. The molecule has 1 aromatic carbocycles. The number of nitrogens with one attached hydrogen (secondary N) is 1. The summed E-state index contributed by atoms with van der Waals surface area (Å²) in [4.78, 5) is 14.6. The number of nitrogens with zero attached hydrogens (tertiary/aromatic N) is 2. The lowest BCUT2D eigenvalue weighted by Gasteiger charge is -2.28. The third kappa shape index (κ3) is 6.59. The number of hydrogen-bond acceptors (Lipinski definition) is 4. The third-order valence-corrected chi connectivity index (χ3v) is 6.66. The van der Waals surface area contributed by atoms with Crippen LogP contribution in [-0.2, 0) is 21.2 Å². The Labute approximate surface area is 164 Å². The molecule has 1 amide bonds. The van der Waals surface area contributed by atoms with Crippen LogP contribution in [0.4, 0.5) is 0 Å². The smallest absolute Gasteiger partial charge is 0.243 e. The van der Waals surface area contributed by atoms with Crippen LogP contribution in [-0.4, -0.2) is 63.8 Å². The molecular formula is C20H33N3O3S. The van der Waals surface area contributed by atoms with E-state index < -0.39 is 10.0 Å². The average molecular weight is 396 g/mol. The van der Waals surface area contributed by atoms with E-state index in [4.69, 9.17) is 0 Å². The lowest BCUT2D eigenvalue weighted by atomic mass is 9.93. The van der Waals surface area contributed by atoms with Gasteiger partial charge in [-0.05, 0) is 50.0 Å². The van der Waals surface area contributed by atoms with Crippen LogP contribution < -0.4 is 5.32 Å². The van der Waals surface area contributed by atoms with Crippen molar-refractivity contribution >= 4 is 15.9 Å². The molecule has 0 radical (unpaired) electrons. The lowest BCUT2D eigenvalue weighted by molar-refractivity contribution is -0.120. The summed E-state index contributed by atoms with van der Waals surface area (Å²) in [5, 5.41) is 2.98. The number of hydrogen-bond donors (Lipinski definition) is 1. The van der Waals surface area contributed by atoms with Crippen molar-refractivity contribution in [3.05, 3.63) is 29.8 Å². The van der Waals surface area contributed by atoms with Crippen LogP contribution in [0.5, 0.6) is 0 Å². The molecule has 1 aliphatic rings. The van der Waals surface area contributed by atoms with Crippen molar-refractivity contribution in [3.63, 3.8) is 0 Å². The van der Waals surface area contributed by atoms with Crippen molar-refractivity contribution in [3.8, 4) is 0 Å². The van der Waals surface area contributed by atoms with E-state index in [0.29, 0.717) is 24.5 Å². The zero-order valence-electron chi connectivity index (χ0n) is 17.0. The van der Waals surface area contributed by atoms with Crippen molar-refractivity contribution in [2.45, 2.75) is 44.4 Å². The topological polar surface area (TPSA) is 69.7 Å². The van der Waals surface area contributed by atoms with Crippen LogP contribution >= 0.6 is 0 Å². The van der Waals surface area contributed by atoms with Crippen LogP contribution in [0.3, 0.4) is 0 Å². The van der Waals surface area contributed by atoms with Gasteiger partial charge in [0.05, 0.1) is 11.3 Å². The number of carbonyl (C=O) groups excluding carboxylic acids is 1. The highest BCUT2D eigenvalue weighted by molar-refractivity contribution is 7.89. The summed E-state index contributed by atoms with van der Waals surface area (Å²) < 4.78 is 26.9. The van der Waals surface area contributed by atoms with Crippen LogP contribution in [0.25, 0.3) is 0 Å². The summed E-state index contributed by atoms with van der Waals surface area (Å²) in [6, 6.07) is 6.70. The Balaban J connectivity index is 1.92. The van der Waals surface area contributed by atoms with Crippen molar-refractivity contribution < 1.29 is 13.2 Å². The van der Waals surface area contributed by atoms with E-state index in [1.807, 2.05) is 14.1 Å². The fourth-order valence-electron chi connectivity index (χ4n) is 3.53. The number of amides is 1. The third-order valence-electron chi connectivity index (χ3n) is 4.75. The van der Waals surface area contributed by atoms with E-state index in [9.17, 15) is 13.2 Å². The fourth-order valence-corrected chi connectivity index (χ4v) is 5.05. The number of sulfonamides is 1. The molecule has 1 saturated heterocycles. The van der Waals surface area contributed by atoms with Gasteiger partial charge in [-0.15, -0.1) is 0 Å². The largest absolute Gasteiger partial charge is 0.355 e. The first-order valence-corrected chi connectivity index (χ1v) is 11.0. The molecule has 0 saturated carbocycles. The van der Waals surface area contributed by atoms with Crippen molar-refractivity contribution in [2.75, 3.05) is 40.3 Å². The Kier molecular flexibility index (Phi) is 7.42. The molecule has 0 aliphatic carbocycles. The summed E-state index contributed by atoms with van der Waals surface area (Å²) >= 11 is 0. The predicted octanol–water partition coefficient (Wildman–Crippen LogP) is 2.11. The Hall–Kier alpha value is -1.44. The second-order valence-electron chi connectivity index (χ2n) is 8.46. The first kappa shape index (κ1) is 21.9. The number of benzene rings is 1. The van der Waals surface area contributed by atoms with Crippen molar-refractivity contribution in [1.82, 2.24) is 14.5 Å². The van der Waals surface area contributed by atoms with Gasteiger partial charge in [0.2, 0.25) is 15.9 Å². The molecule has 7 heteroatoms. The first-order valence-electron chi connectivity index (χ1n) is 9.61. The summed E-state index contributed by atoms with van der Waals surface area (Å²) in [5.41, 5.74) is 0.807. The molecule has 1 aromatic rings. The summed E-state index contributed by atoms with van der Waals surface area (Å²) in [5.74, 6) is -0.0477. The molecular weight excluding hydrogens is 362 g/mol. The molecule has 0 spiro atoms. The summed E-state index contributed by atoms with van der Waals surface area (Å²) in [6.07, 6.45) is 3.18. The van der Waals surface area contributed by atoms with E-state index in [0.717, 1.165) is 31.4 Å². The van der Waals surface area contributed by atoms with Crippen LogP contribution in [0.2, 0.25) is 0 Å². The molecule has 6 nitrogen and oxygen atoms in total. The van der Waals surface area contributed by atoms with E-state index in [2.05, 4.69) is 24.1 Å². The molecule has 152 valence electrons.